The maximum atomic E-state index is 5.12. The Bertz CT molecular complexity index is 1210. The van der Waals surface area contributed by atoms with Gasteiger partial charge in [-0.3, -0.25) is 0 Å². The summed E-state index contributed by atoms with van der Waals surface area (Å²) in [6.45, 7) is 0. The molecule has 1 aromatic carbocycles. The number of pyridine rings is 3. The van der Waals surface area contributed by atoms with Crippen molar-refractivity contribution >= 4 is 67.6 Å². The highest BCUT2D eigenvalue weighted by Gasteiger charge is 2.36. The van der Waals surface area contributed by atoms with Crippen molar-refractivity contribution in [3.63, 3.8) is 0 Å². The molecule has 0 amide bonds. The summed E-state index contributed by atoms with van der Waals surface area (Å²) in [6, 6.07) is 0. The molecule has 27 heavy (non-hydrogen) atoms. The van der Waals surface area contributed by atoms with Crippen molar-refractivity contribution in [1.82, 2.24) is 15.0 Å². The van der Waals surface area contributed by atoms with Gasteiger partial charge in [0.15, 0.2) is 0 Å². The molecule has 4 aromatic rings. The maximum absolute atomic E-state index is 5.12. The van der Waals surface area contributed by atoms with Crippen molar-refractivity contribution in [3.05, 3.63) is 33.8 Å². The third-order valence-corrected chi connectivity index (χ3v) is 8.54. The quantitative estimate of drug-likeness (QED) is 0.297. The molecule has 3 aliphatic rings. The third-order valence-electron chi connectivity index (χ3n) is 6.37. The van der Waals surface area contributed by atoms with E-state index in [1.807, 2.05) is 0 Å². The van der Waals surface area contributed by atoms with Crippen LogP contribution in [-0.4, -0.2) is 33.7 Å². The molecule has 0 bridgehead atoms. The van der Waals surface area contributed by atoms with Crippen LogP contribution in [-0.2, 0) is 19.3 Å². The molecule has 3 heterocycles. The molecule has 0 aliphatic heterocycles. The Hall–Kier alpha value is -1.50. The zero-order valence-electron chi connectivity index (χ0n) is 15.2. The standard InChI is InChI=1S/C21H15N3S3/c1-25-19-7-4-11-17-13(7)16-10(22-19)5-8-14(16)18-12(24-20(8)26-2)6-9(15(17)18)21(23-11)27-3/h4-6H2,1-3H3. The van der Waals surface area contributed by atoms with E-state index in [0.717, 1.165) is 19.3 Å². The lowest BCUT2D eigenvalue weighted by molar-refractivity contribution is 0.960. The highest BCUT2D eigenvalue weighted by molar-refractivity contribution is 7.99. The van der Waals surface area contributed by atoms with E-state index in [9.17, 15) is 0 Å². The van der Waals surface area contributed by atoms with Crippen molar-refractivity contribution in [2.75, 3.05) is 18.8 Å². The Labute approximate surface area is 169 Å². The molecule has 132 valence electrons. The van der Waals surface area contributed by atoms with Crippen LogP contribution in [0.5, 0.6) is 0 Å². The fourth-order valence-electron chi connectivity index (χ4n) is 5.46. The fraction of sp³-hybridized carbons (Fsp3) is 0.286. The predicted octanol–water partition coefficient (Wildman–Crippen LogP) is 5.21. The Balaban J connectivity index is 1.86. The van der Waals surface area contributed by atoms with Crippen molar-refractivity contribution in [2.24, 2.45) is 0 Å². The Morgan fingerprint density at radius 1 is 0.481 bits per heavy atom. The van der Waals surface area contributed by atoms with Crippen LogP contribution in [0.4, 0.5) is 0 Å². The van der Waals surface area contributed by atoms with E-state index in [4.69, 9.17) is 15.0 Å². The number of hydrogen-bond donors (Lipinski definition) is 0. The molecule has 0 fully saturated rings. The smallest absolute Gasteiger partial charge is 0.100 e. The molecule has 0 unspecified atom stereocenters. The van der Waals surface area contributed by atoms with E-state index in [1.165, 1.54) is 81.2 Å². The van der Waals surface area contributed by atoms with Crippen LogP contribution < -0.4 is 0 Å². The Morgan fingerprint density at radius 2 is 0.778 bits per heavy atom. The molecule has 0 spiro atoms. The van der Waals surface area contributed by atoms with E-state index < -0.39 is 0 Å². The first kappa shape index (κ1) is 15.4. The lowest BCUT2D eigenvalue weighted by Gasteiger charge is -2.11. The summed E-state index contributed by atoms with van der Waals surface area (Å²) in [6.07, 6.45) is 9.20. The van der Waals surface area contributed by atoms with Crippen LogP contribution >= 0.6 is 35.3 Å². The van der Waals surface area contributed by atoms with Gasteiger partial charge in [0.2, 0.25) is 0 Å². The lowest BCUT2D eigenvalue weighted by atomic mass is 9.98. The molecule has 0 atom stereocenters. The largest absolute Gasteiger partial charge is 0.245 e. The number of hydrogen-bond acceptors (Lipinski definition) is 6. The van der Waals surface area contributed by atoms with E-state index >= 15 is 0 Å². The summed E-state index contributed by atoms with van der Waals surface area (Å²) >= 11 is 5.33. The molecular weight excluding hydrogens is 390 g/mol. The van der Waals surface area contributed by atoms with Crippen LogP contribution in [0, 0.1) is 0 Å². The Morgan fingerprint density at radius 3 is 1.04 bits per heavy atom. The molecule has 3 aliphatic carbocycles. The van der Waals surface area contributed by atoms with Crippen molar-refractivity contribution in [3.8, 4) is 0 Å². The lowest BCUT2D eigenvalue weighted by Crippen LogP contribution is -1.95. The highest BCUT2D eigenvalue weighted by Crippen LogP contribution is 2.55. The summed E-state index contributed by atoms with van der Waals surface area (Å²) in [7, 11) is 0. The van der Waals surface area contributed by atoms with Gasteiger partial charge in [0.25, 0.3) is 0 Å². The summed E-state index contributed by atoms with van der Waals surface area (Å²) in [5.41, 5.74) is 7.95. The summed E-state index contributed by atoms with van der Waals surface area (Å²) in [5, 5.41) is 12.1. The topological polar surface area (TPSA) is 38.7 Å². The van der Waals surface area contributed by atoms with Crippen LogP contribution in [0.1, 0.15) is 33.8 Å². The normalized spacial score (nSPS) is 15.2. The number of rotatable bonds is 3. The average Bonchev–Trinajstić information content (AvgIpc) is 3.35. The molecule has 3 nitrogen and oxygen atoms in total. The second-order valence-corrected chi connectivity index (χ2v) is 9.80. The minimum absolute atomic E-state index is 0.920. The summed E-state index contributed by atoms with van der Waals surface area (Å²) in [5.74, 6) is 0. The number of nitrogens with zero attached hydrogens (tertiary/aromatic N) is 3. The molecular formula is C21H15N3S3. The van der Waals surface area contributed by atoms with Crippen molar-refractivity contribution in [2.45, 2.75) is 34.3 Å². The summed E-state index contributed by atoms with van der Waals surface area (Å²) in [4.78, 5) is 15.4. The number of thioether (sulfide) groups is 3. The van der Waals surface area contributed by atoms with E-state index in [1.54, 1.807) is 35.3 Å². The van der Waals surface area contributed by atoms with E-state index in [0.29, 0.717) is 0 Å². The minimum Gasteiger partial charge on any atom is -0.245 e. The average molecular weight is 406 g/mol. The third kappa shape index (κ3) is 1.58. The van der Waals surface area contributed by atoms with E-state index in [-0.39, 0.29) is 0 Å². The van der Waals surface area contributed by atoms with Crippen molar-refractivity contribution < 1.29 is 0 Å². The summed E-state index contributed by atoms with van der Waals surface area (Å²) < 4.78 is 0. The van der Waals surface area contributed by atoms with Crippen LogP contribution in [0.25, 0.3) is 32.3 Å². The van der Waals surface area contributed by atoms with Gasteiger partial charge >= 0.3 is 0 Å². The number of aromatic nitrogens is 3. The first-order chi connectivity index (χ1) is 13.2. The van der Waals surface area contributed by atoms with Crippen LogP contribution in [0.3, 0.4) is 0 Å². The van der Waals surface area contributed by atoms with Crippen LogP contribution in [0.2, 0.25) is 0 Å². The SMILES string of the molecule is CSc1nc2c3c4c1Cc1nc(SC)c5c(c14)c1c(nc(SC)c(c31)C2)C5. The molecule has 3 aromatic heterocycles. The van der Waals surface area contributed by atoms with Gasteiger partial charge in [-0.25, -0.2) is 15.0 Å². The van der Waals surface area contributed by atoms with Gasteiger partial charge in [-0.05, 0) is 35.5 Å². The zero-order valence-corrected chi connectivity index (χ0v) is 17.6. The predicted molar refractivity (Wildman–Crippen MR) is 116 cm³/mol. The molecule has 0 saturated heterocycles. The van der Waals surface area contributed by atoms with Crippen molar-refractivity contribution in [1.29, 1.82) is 0 Å². The second-order valence-electron chi connectivity index (χ2n) is 7.42. The second kappa shape index (κ2) is 4.91. The van der Waals surface area contributed by atoms with Gasteiger partial charge < -0.3 is 0 Å². The molecule has 0 saturated carbocycles. The molecule has 0 N–H and O–H groups in total. The Kier molecular flexibility index (Phi) is 2.80. The van der Waals surface area contributed by atoms with Crippen LogP contribution in [0.15, 0.2) is 15.1 Å². The van der Waals surface area contributed by atoms with Gasteiger partial charge in [0.05, 0.1) is 17.1 Å². The zero-order chi connectivity index (χ0) is 18.0. The highest BCUT2D eigenvalue weighted by atomic mass is 32.2. The number of benzene rings is 1. The van der Waals surface area contributed by atoms with Gasteiger partial charge in [-0.1, -0.05) is 0 Å². The van der Waals surface area contributed by atoms with Gasteiger partial charge in [0.1, 0.15) is 15.1 Å². The monoisotopic (exact) mass is 405 g/mol. The van der Waals surface area contributed by atoms with Gasteiger partial charge in [0, 0.05) is 51.6 Å². The van der Waals surface area contributed by atoms with Gasteiger partial charge in [-0.2, -0.15) is 0 Å². The minimum atomic E-state index is 0.920. The first-order valence-electron chi connectivity index (χ1n) is 9.05. The van der Waals surface area contributed by atoms with E-state index in [2.05, 4.69) is 18.8 Å². The van der Waals surface area contributed by atoms with Gasteiger partial charge in [-0.15, -0.1) is 35.3 Å². The first-order valence-corrected chi connectivity index (χ1v) is 12.7. The molecule has 6 heteroatoms. The maximum Gasteiger partial charge on any atom is 0.100 e. The molecule has 7 rings (SSSR count). The molecule has 0 radical (unpaired) electrons. The fourth-order valence-corrected chi connectivity index (χ4v) is 7.33.